The average Bonchev–Trinajstić information content (AvgIpc) is 2.42. The van der Waals surface area contributed by atoms with Crippen LogP contribution in [0, 0.1) is 5.41 Å². The van der Waals surface area contributed by atoms with E-state index in [9.17, 15) is 0 Å². The van der Waals surface area contributed by atoms with Gasteiger partial charge in [0, 0.05) is 19.1 Å². The minimum absolute atomic E-state index is 0.547. The van der Waals surface area contributed by atoms with Gasteiger partial charge in [0.1, 0.15) is 0 Å². The molecule has 2 aliphatic rings. The number of likely N-dealkylation sites (tertiary alicyclic amines) is 1. The maximum atomic E-state index is 5.51. The van der Waals surface area contributed by atoms with E-state index < -0.39 is 0 Å². The van der Waals surface area contributed by atoms with Crippen LogP contribution in [0.15, 0.2) is 0 Å². The molecule has 2 aliphatic heterocycles. The number of hydrogen-bond donors (Lipinski definition) is 1. The van der Waals surface area contributed by atoms with E-state index in [-0.39, 0.29) is 0 Å². The van der Waals surface area contributed by atoms with Gasteiger partial charge < -0.3 is 15.0 Å². The van der Waals surface area contributed by atoms with E-state index in [0.717, 1.165) is 26.3 Å². The quantitative estimate of drug-likeness (QED) is 0.772. The number of rotatable bonds is 2. The highest BCUT2D eigenvalue weighted by Crippen LogP contribution is 2.29. The van der Waals surface area contributed by atoms with Gasteiger partial charge in [-0.3, -0.25) is 0 Å². The summed E-state index contributed by atoms with van der Waals surface area (Å²) in [4.78, 5) is 2.61. The Kier molecular flexibility index (Phi) is 4.22. The van der Waals surface area contributed by atoms with Crippen LogP contribution in [0.2, 0.25) is 0 Å². The molecule has 2 heterocycles. The summed E-state index contributed by atoms with van der Waals surface area (Å²) in [5, 5.41) is 3.54. The number of nitrogens with zero attached hydrogens (tertiary/aromatic N) is 1. The molecule has 2 rings (SSSR count). The van der Waals surface area contributed by atoms with Crippen molar-refractivity contribution in [2.24, 2.45) is 5.41 Å². The fourth-order valence-electron chi connectivity index (χ4n) is 2.71. The van der Waals surface area contributed by atoms with Crippen LogP contribution in [0.4, 0.5) is 0 Å². The van der Waals surface area contributed by atoms with E-state index in [0.29, 0.717) is 11.5 Å². The lowest BCUT2D eigenvalue weighted by Gasteiger charge is -2.30. The van der Waals surface area contributed by atoms with Gasteiger partial charge in [0.15, 0.2) is 0 Å². The second kappa shape index (κ2) is 5.48. The zero-order valence-corrected chi connectivity index (χ0v) is 10.8. The van der Waals surface area contributed by atoms with Crippen LogP contribution in [0.5, 0.6) is 0 Å². The summed E-state index contributed by atoms with van der Waals surface area (Å²) in [6.07, 6.45) is 4.05. The number of hydrogen-bond acceptors (Lipinski definition) is 3. The van der Waals surface area contributed by atoms with Crippen molar-refractivity contribution < 1.29 is 4.74 Å². The molecule has 1 N–H and O–H groups in total. The highest BCUT2D eigenvalue weighted by atomic mass is 16.5. The first-order chi connectivity index (χ1) is 7.66. The largest absolute Gasteiger partial charge is 0.378 e. The summed E-state index contributed by atoms with van der Waals surface area (Å²) >= 11 is 0. The highest BCUT2D eigenvalue weighted by molar-refractivity contribution is 4.80. The van der Waals surface area contributed by atoms with Crippen molar-refractivity contribution in [1.82, 2.24) is 10.2 Å². The SMILES string of the molecule is CC1(C)CCCN(CC2COCCN2)CC1. The van der Waals surface area contributed by atoms with Crippen molar-refractivity contribution in [3.8, 4) is 0 Å². The molecule has 3 heteroatoms. The van der Waals surface area contributed by atoms with Gasteiger partial charge in [0.25, 0.3) is 0 Å². The van der Waals surface area contributed by atoms with Crippen LogP contribution in [-0.2, 0) is 4.74 Å². The van der Waals surface area contributed by atoms with Gasteiger partial charge in [-0.2, -0.15) is 0 Å². The summed E-state index contributed by atoms with van der Waals surface area (Å²) in [5.41, 5.74) is 0.547. The van der Waals surface area contributed by atoms with Crippen molar-refractivity contribution in [2.75, 3.05) is 39.4 Å². The number of morpholine rings is 1. The molecule has 1 unspecified atom stereocenters. The van der Waals surface area contributed by atoms with E-state index >= 15 is 0 Å². The standard InChI is InChI=1S/C13H26N2O/c1-13(2)4-3-7-15(8-5-13)10-12-11-16-9-6-14-12/h12,14H,3-11H2,1-2H3. The van der Waals surface area contributed by atoms with Gasteiger partial charge in [-0.05, 0) is 37.8 Å². The zero-order valence-electron chi connectivity index (χ0n) is 10.8. The predicted octanol–water partition coefficient (Wildman–Crippen LogP) is 1.49. The summed E-state index contributed by atoms with van der Waals surface area (Å²) in [5.74, 6) is 0. The lowest BCUT2D eigenvalue weighted by molar-refractivity contribution is 0.0619. The van der Waals surface area contributed by atoms with Crippen molar-refractivity contribution in [3.05, 3.63) is 0 Å². The molecule has 0 aromatic heterocycles. The van der Waals surface area contributed by atoms with Crippen LogP contribution in [0.25, 0.3) is 0 Å². The fraction of sp³-hybridized carbons (Fsp3) is 1.00. The molecule has 0 spiro atoms. The Balaban J connectivity index is 1.76. The molecule has 3 nitrogen and oxygen atoms in total. The van der Waals surface area contributed by atoms with Crippen LogP contribution in [0.1, 0.15) is 33.1 Å². The number of ether oxygens (including phenoxy) is 1. The van der Waals surface area contributed by atoms with Gasteiger partial charge in [-0.15, -0.1) is 0 Å². The minimum atomic E-state index is 0.547. The smallest absolute Gasteiger partial charge is 0.0632 e. The Morgan fingerprint density at radius 3 is 2.94 bits per heavy atom. The zero-order chi connectivity index (χ0) is 11.4. The van der Waals surface area contributed by atoms with Gasteiger partial charge in [-0.25, -0.2) is 0 Å². The third kappa shape index (κ3) is 3.72. The predicted molar refractivity (Wildman–Crippen MR) is 66.7 cm³/mol. The Bertz CT molecular complexity index is 212. The van der Waals surface area contributed by atoms with Crippen LogP contribution >= 0.6 is 0 Å². The molecule has 16 heavy (non-hydrogen) atoms. The average molecular weight is 226 g/mol. The fourth-order valence-corrected chi connectivity index (χ4v) is 2.71. The third-order valence-corrected chi connectivity index (χ3v) is 3.91. The summed E-state index contributed by atoms with van der Waals surface area (Å²) in [7, 11) is 0. The van der Waals surface area contributed by atoms with E-state index in [2.05, 4.69) is 24.1 Å². The molecule has 0 aliphatic carbocycles. The van der Waals surface area contributed by atoms with Crippen molar-refractivity contribution in [1.29, 1.82) is 0 Å². The Morgan fingerprint density at radius 1 is 1.31 bits per heavy atom. The molecule has 0 aromatic carbocycles. The molecular weight excluding hydrogens is 200 g/mol. The van der Waals surface area contributed by atoms with Gasteiger partial charge >= 0.3 is 0 Å². The highest BCUT2D eigenvalue weighted by Gasteiger charge is 2.24. The molecule has 94 valence electrons. The molecule has 0 amide bonds. The third-order valence-electron chi connectivity index (χ3n) is 3.91. The normalized spacial score (nSPS) is 32.2. The topological polar surface area (TPSA) is 24.5 Å². The molecule has 2 fully saturated rings. The lowest BCUT2D eigenvalue weighted by Crippen LogP contribution is -2.48. The summed E-state index contributed by atoms with van der Waals surface area (Å²) in [6.45, 7) is 11.3. The number of nitrogens with one attached hydrogen (secondary N) is 1. The molecule has 0 aromatic rings. The molecule has 0 bridgehead atoms. The first-order valence-electron chi connectivity index (χ1n) is 6.69. The Labute approximate surface area is 99.5 Å². The van der Waals surface area contributed by atoms with Crippen LogP contribution in [0.3, 0.4) is 0 Å². The van der Waals surface area contributed by atoms with Crippen molar-refractivity contribution in [3.63, 3.8) is 0 Å². The van der Waals surface area contributed by atoms with Crippen molar-refractivity contribution >= 4 is 0 Å². The van der Waals surface area contributed by atoms with Crippen LogP contribution in [-0.4, -0.2) is 50.3 Å². The maximum absolute atomic E-state index is 5.51. The Hall–Kier alpha value is -0.120. The second-order valence-corrected chi connectivity index (χ2v) is 6.04. The second-order valence-electron chi connectivity index (χ2n) is 6.04. The monoisotopic (exact) mass is 226 g/mol. The molecule has 1 atom stereocenters. The lowest BCUT2D eigenvalue weighted by atomic mass is 9.85. The first-order valence-corrected chi connectivity index (χ1v) is 6.69. The van der Waals surface area contributed by atoms with E-state index in [4.69, 9.17) is 4.74 Å². The van der Waals surface area contributed by atoms with E-state index in [1.807, 2.05) is 0 Å². The maximum Gasteiger partial charge on any atom is 0.0632 e. The van der Waals surface area contributed by atoms with Gasteiger partial charge in [0.05, 0.1) is 13.2 Å². The molecule has 0 radical (unpaired) electrons. The van der Waals surface area contributed by atoms with E-state index in [1.165, 1.54) is 32.4 Å². The summed E-state index contributed by atoms with van der Waals surface area (Å²) < 4.78 is 5.51. The first kappa shape index (κ1) is 12.3. The van der Waals surface area contributed by atoms with Gasteiger partial charge in [0.2, 0.25) is 0 Å². The van der Waals surface area contributed by atoms with Crippen molar-refractivity contribution in [2.45, 2.75) is 39.2 Å². The molecule has 0 saturated carbocycles. The van der Waals surface area contributed by atoms with E-state index in [1.54, 1.807) is 0 Å². The molecular formula is C13H26N2O. The molecule has 2 saturated heterocycles. The minimum Gasteiger partial charge on any atom is -0.378 e. The van der Waals surface area contributed by atoms with Gasteiger partial charge in [-0.1, -0.05) is 13.8 Å². The summed E-state index contributed by atoms with van der Waals surface area (Å²) in [6, 6.07) is 0.551. The van der Waals surface area contributed by atoms with Crippen LogP contribution < -0.4 is 5.32 Å². The Morgan fingerprint density at radius 2 is 2.19 bits per heavy atom.